The molecule has 0 saturated carbocycles. The van der Waals surface area contributed by atoms with Gasteiger partial charge in [0.25, 0.3) is 5.69 Å². The van der Waals surface area contributed by atoms with Gasteiger partial charge in [0.05, 0.1) is 10.5 Å². The zero-order valence-electron chi connectivity index (χ0n) is 9.52. The Kier molecular flexibility index (Phi) is 2.48. The molecule has 1 heterocycles. The highest BCUT2D eigenvalue weighted by atomic mass is 16.6. The van der Waals surface area contributed by atoms with Crippen LogP contribution in [0.5, 0.6) is 5.75 Å². The Labute approximate surface area is 97.9 Å². The van der Waals surface area contributed by atoms with E-state index in [9.17, 15) is 14.9 Å². The van der Waals surface area contributed by atoms with Gasteiger partial charge in [-0.2, -0.15) is 0 Å². The molecule has 0 atom stereocenters. The molecule has 5 heteroatoms. The van der Waals surface area contributed by atoms with E-state index in [1.807, 2.05) is 19.8 Å². The second-order valence-corrected chi connectivity index (χ2v) is 4.56. The fraction of sp³-hybridized carbons (Fsp3) is 0.333. The van der Waals surface area contributed by atoms with E-state index >= 15 is 0 Å². The third kappa shape index (κ3) is 2.05. The summed E-state index contributed by atoms with van der Waals surface area (Å²) in [6, 6.07) is 4.24. The molecule has 0 aliphatic carbocycles. The van der Waals surface area contributed by atoms with E-state index in [2.05, 4.69) is 0 Å². The predicted molar refractivity (Wildman–Crippen MR) is 61.5 cm³/mol. The zero-order chi connectivity index (χ0) is 12.6. The minimum absolute atomic E-state index is 0.0557. The van der Waals surface area contributed by atoms with Crippen LogP contribution in [0.25, 0.3) is 5.57 Å². The lowest BCUT2D eigenvalue weighted by Gasteiger charge is -2.32. The Morgan fingerprint density at radius 1 is 1.47 bits per heavy atom. The summed E-state index contributed by atoms with van der Waals surface area (Å²) in [7, 11) is 0. The lowest BCUT2D eigenvalue weighted by molar-refractivity contribution is -0.384. The molecule has 0 radical (unpaired) electrons. The van der Waals surface area contributed by atoms with Crippen molar-refractivity contribution in [1.82, 2.24) is 0 Å². The van der Waals surface area contributed by atoms with Crippen molar-refractivity contribution >= 4 is 17.2 Å². The summed E-state index contributed by atoms with van der Waals surface area (Å²) >= 11 is 0. The normalized spacial score (nSPS) is 16.7. The molecule has 0 unspecified atom stereocenters. The van der Waals surface area contributed by atoms with Gasteiger partial charge in [-0.25, -0.2) is 4.79 Å². The summed E-state index contributed by atoms with van der Waals surface area (Å²) in [5.41, 5.74) is 0.337. The van der Waals surface area contributed by atoms with Crippen LogP contribution >= 0.6 is 0 Å². The van der Waals surface area contributed by atoms with Crippen molar-refractivity contribution in [2.24, 2.45) is 0 Å². The fourth-order valence-corrected chi connectivity index (χ4v) is 1.90. The maximum absolute atomic E-state index is 10.9. The van der Waals surface area contributed by atoms with Crippen LogP contribution in [0.1, 0.15) is 25.8 Å². The smallest absolute Gasteiger partial charge is 0.270 e. The number of fused-ring (bicyclic) bond motifs is 1. The minimum atomic E-state index is -0.498. The maximum atomic E-state index is 10.9. The third-order valence-electron chi connectivity index (χ3n) is 2.61. The van der Waals surface area contributed by atoms with E-state index in [-0.39, 0.29) is 5.69 Å². The number of carbonyl (C=O) groups excluding carboxylic acids is 1. The van der Waals surface area contributed by atoms with Crippen LogP contribution in [0.4, 0.5) is 5.69 Å². The molecule has 2 rings (SSSR count). The van der Waals surface area contributed by atoms with E-state index in [0.29, 0.717) is 23.3 Å². The van der Waals surface area contributed by atoms with Crippen molar-refractivity contribution < 1.29 is 14.5 Å². The molecule has 0 N–H and O–H groups in total. The summed E-state index contributed by atoms with van der Waals surface area (Å²) in [6.07, 6.45) is 0.394. The standard InChI is InChI=1S/C12H11NO4/c1-12(2)6-8(7-14)10-5-9(13(15)16)3-4-11(10)17-12/h3-5H,6H2,1-2H3. The van der Waals surface area contributed by atoms with Crippen molar-refractivity contribution in [2.45, 2.75) is 25.9 Å². The molecule has 1 aliphatic rings. The molecule has 88 valence electrons. The first-order valence-corrected chi connectivity index (χ1v) is 5.15. The molecule has 1 aliphatic heterocycles. The molecule has 5 nitrogen and oxygen atoms in total. The molecular weight excluding hydrogens is 222 g/mol. The van der Waals surface area contributed by atoms with E-state index < -0.39 is 10.5 Å². The van der Waals surface area contributed by atoms with Crippen LogP contribution in [0.2, 0.25) is 0 Å². The second kappa shape index (κ2) is 3.71. The van der Waals surface area contributed by atoms with Crippen molar-refractivity contribution in [1.29, 1.82) is 0 Å². The number of hydrogen-bond donors (Lipinski definition) is 0. The van der Waals surface area contributed by atoms with Crippen molar-refractivity contribution in [3.05, 3.63) is 33.9 Å². The van der Waals surface area contributed by atoms with Crippen molar-refractivity contribution in [3.63, 3.8) is 0 Å². The van der Waals surface area contributed by atoms with E-state index in [1.165, 1.54) is 18.2 Å². The third-order valence-corrected chi connectivity index (χ3v) is 2.61. The molecule has 0 spiro atoms. The molecule has 17 heavy (non-hydrogen) atoms. The number of nitrogens with zero attached hydrogens (tertiary/aromatic N) is 1. The van der Waals surface area contributed by atoms with Gasteiger partial charge in [0.2, 0.25) is 0 Å². The predicted octanol–water partition coefficient (Wildman–Crippen LogP) is 2.37. The molecule has 0 aromatic heterocycles. The van der Waals surface area contributed by atoms with Gasteiger partial charge in [0, 0.05) is 24.1 Å². The average molecular weight is 233 g/mol. The number of benzene rings is 1. The summed E-state index contributed by atoms with van der Waals surface area (Å²) < 4.78 is 5.66. The van der Waals surface area contributed by atoms with Crippen LogP contribution in [-0.2, 0) is 4.79 Å². The molecule has 0 bridgehead atoms. The SMILES string of the molecule is CC1(C)CC(=C=O)c2cc([N+](=O)[O-])ccc2O1. The summed E-state index contributed by atoms with van der Waals surface area (Å²) in [5, 5.41) is 10.7. The topological polar surface area (TPSA) is 69.4 Å². The number of nitro groups is 1. The largest absolute Gasteiger partial charge is 0.487 e. The maximum Gasteiger partial charge on any atom is 0.270 e. The summed E-state index contributed by atoms with van der Waals surface area (Å²) in [4.78, 5) is 21.1. The summed E-state index contributed by atoms with van der Waals surface area (Å²) in [6.45, 7) is 3.71. The lowest BCUT2D eigenvalue weighted by atomic mass is 9.90. The van der Waals surface area contributed by atoms with Crippen molar-refractivity contribution in [3.8, 4) is 5.75 Å². The molecule has 0 saturated heterocycles. The number of hydrogen-bond acceptors (Lipinski definition) is 4. The highest BCUT2D eigenvalue weighted by Gasteiger charge is 2.31. The lowest BCUT2D eigenvalue weighted by Crippen LogP contribution is -2.32. The van der Waals surface area contributed by atoms with Crippen LogP contribution in [0.3, 0.4) is 0 Å². The van der Waals surface area contributed by atoms with Gasteiger partial charge in [0.15, 0.2) is 0 Å². The zero-order valence-corrected chi connectivity index (χ0v) is 9.52. The van der Waals surface area contributed by atoms with E-state index in [1.54, 1.807) is 0 Å². The van der Waals surface area contributed by atoms with Crippen molar-refractivity contribution in [2.75, 3.05) is 0 Å². The Balaban J connectivity index is 2.58. The molecule has 0 amide bonds. The second-order valence-electron chi connectivity index (χ2n) is 4.56. The highest BCUT2D eigenvalue weighted by molar-refractivity contribution is 5.91. The summed E-state index contributed by atoms with van der Waals surface area (Å²) in [5.74, 6) is 2.34. The Hall–Kier alpha value is -2.13. The van der Waals surface area contributed by atoms with Crippen LogP contribution < -0.4 is 4.74 Å². The van der Waals surface area contributed by atoms with Gasteiger partial charge in [-0.3, -0.25) is 10.1 Å². The van der Waals surface area contributed by atoms with Gasteiger partial charge in [-0.15, -0.1) is 0 Å². The number of nitro benzene ring substituents is 1. The highest BCUT2D eigenvalue weighted by Crippen LogP contribution is 2.40. The molecule has 1 aromatic carbocycles. The van der Waals surface area contributed by atoms with Gasteiger partial charge in [-0.05, 0) is 19.9 Å². The molecule has 1 aromatic rings. The number of rotatable bonds is 1. The quantitative estimate of drug-likeness (QED) is 0.424. The molecular formula is C12H11NO4. The Morgan fingerprint density at radius 2 is 2.18 bits per heavy atom. The van der Waals surface area contributed by atoms with Crippen LogP contribution in [0, 0.1) is 10.1 Å². The first-order chi connectivity index (χ1) is 7.93. The van der Waals surface area contributed by atoms with Crippen LogP contribution in [-0.4, -0.2) is 16.5 Å². The number of non-ortho nitro benzene ring substituents is 1. The fourth-order valence-electron chi connectivity index (χ4n) is 1.90. The molecule has 0 fully saturated rings. The Bertz CT molecular complexity index is 541. The first kappa shape index (κ1) is 11.4. The van der Waals surface area contributed by atoms with Gasteiger partial charge in [0.1, 0.15) is 17.3 Å². The first-order valence-electron chi connectivity index (χ1n) is 5.15. The Morgan fingerprint density at radius 3 is 2.76 bits per heavy atom. The van der Waals surface area contributed by atoms with Crippen LogP contribution in [0.15, 0.2) is 18.2 Å². The van der Waals surface area contributed by atoms with E-state index in [4.69, 9.17) is 4.74 Å². The number of ether oxygens (including phenoxy) is 1. The average Bonchev–Trinajstić information content (AvgIpc) is 2.26. The monoisotopic (exact) mass is 233 g/mol. The van der Waals surface area contributed by atoms with Gasteiger partial charge in [-0.1, -0.05) is 0 Å². The van der Waals surface area contributed by atoms with Gasteiger partial charge < -0.3 is 4.74 Å². The van der Waals surface area contributed by atoms with E-state index in [0.717, 1.165) is 0 Å². The van der Waals surface area contributed by atoms with Gasteiger partial charge >= 0.3 is 0 Å². The minimum Gasteiger partial charge on any atom is -0.487 e.